The molecule has 0 unspecified atom stereocenters. The van der Waals surface area contributed by atoms with Crippen LogP contribution in [-0.4, -0.2) is 5.11 Å². The number of benzene rings is 9. The van der Waals surface area contributed by atoms with Crippen LogP contribution in [0.2, 0.25) is 0 Å². The molecule has 0 heterocycles. The molecule has 272 valence electrons. The van der Waals surface area contributed by atoms with Crippen molar-refractivity contribution in [1.29, 1.82) is 0 Å². The normalized spacial score (nSPS) is 12.6. The summed E-state index contributed by atoms with van der Waals surface area (Å²) in [4.78, 5) is 2.38. The average Bonchev–Trinajstić information content (AvgIpc) is 3.49. The third-order valence-corrected chi connectivity index (χ3v) is 11.8. The molecule has 0 aliphatic heterocycles. The topological polar surface area (TPSA) is 23.5 Å². The van der Waals surface area contributed by atoms with E-state index in [0.717, 1.165) is 39.3 Å². The highest BCUT2D eigenvalue weighted by Crippen LogP contribution is 2.52. The van der Waals surface area contributed by atoms with E-state index in [4.69, 9.17) is 0 Å². The number of anilines is 3. The first-order valence-electron chi connectivity index (χ1n) is 19.6. The van der Waals surface area contributed by atoms with Gasteiger partial charge in [0.15, 0.2) is 0 Å². The van der Waals surface area contributed by atoms with Gasteiger partial charge < -0.3 is 10.0 Å². The SMILES string of the molecule is CC1(C)c2cc(-c3ccc4ccccc4c3)ccc2-c2ccc(N(c3ccc(-c4ccccc4)cc3)c3ccc(-c4ccc(-c5ccc(O)cc5)cc4)cc3)cc21. The summed E-state index contributed by atoms with van der Waals surface area (Å²) in [5.74, 6) is 0.275. The molecule has 10 rings (SSSR count). The second-order valence-electron chi connectivity index (χ2n) is 15.6. The number of rotatable bonds is 7. The Bertz CT molecular complexity index is 2890. The predicted octanol–water partition coefficient (Wildman–Crippen LogP) is 15.0. The third-order valence-electron chi connectivity index (χ3n) is 11.8. The molecule has 2 heteroatoms. The van der Waals surface area contributed by atoms with Gasteiger partial charge in [-0.25, -0.2) is 0 Å². The van der Waals surface area contributed by atoms with Crippen LogP contribution in [0.15, 0.2) is 206 Å². The summed E-state index contributed by atoms with van der Waals surface area (Å²) in [5.41, 5.74) is 17.8. The monoisotopic (exact) mass is 731 g/mol. The summed E-state index contributed by atoms with van der Waals surface area (Å²) in [6.45, 7) is 4.73. The van der Waals surface area contributed by atoms with Crippen molar-refractivity contribution in [2.75, 3.05) is 4.90 Å². The van der Waals surface area contributed by atoms with Crippen LogP contribution in [0.5, 0.6) is 5.75 Å². The molecule has 0 spiro atoms. The van der Waals surface area contributed by atoms with E-state index in [2.05, 4.69) is 201 Å². The highest BCUT2D eigenvalue weighted by atomic mass is 16.3. The van der Waals surface area contributed by atoms with Gasteiger partial charge in [-0.1, -0.05) is 159 Å². The van der Waals surface area contributed by atoms with E-state index in [1.165, 1.54) is 55.3 Å². The van der Waals surface area contributed by atoms with Crippen LogP contribution in [0, 0.1) is 0 Å². The maximum Gasteiger partial charge on any atom is 0.115 e. The fraction of sp³-hybridized carbons (Fsp3) is 0.0545. The molecule has 0 saturated heterocycles. The van der Waals surface area contributed by atoms with E-state index in [1.54, 1.807) is 12.1 Å². The fourth-order valence-corrected chi connectivity index (χ4v) is 8.61. The number of fused-ring (bicyclic) bond motifs is 4. The highest BCUT2D eigenvalue weighted by molar-refractivity contribution is 5.90. The Kier molecular flexibility index (Phi) is 8.34. The summed E-state index contributed by atoms with van der Waals surface area (Å²) in [7, 11) is 0. The van der Waals surface area contributed by atoms with Crippen molar-refractivity contribution in [1.82, 2.24) is 0 Å². The molecule has 9 aromatic carbocycles. The van der Waals surface area contributed by atoms with Gasteiger partial charge in [0.25, 0.3) is 0 Å². The van der Waals surface area contributed by atoms with Crippen molar-refractivity contribution in [3.63, 3.8) is 0 Å². The molecular formula is C55H41NO. The lowest BCUT2D eigenvalue weighted by Crippen LogP contribution is -2.16. The van der Waals surface area contributed by atoms with Crippen LogP contribution in [-0.2, 0) is 5.41 Å². The maximum absolute atomic E-state index is 9.73. The van der Waals surface area contributed by atoms with Gasteiger partial charge in [0.05, 0.1) is 0 Å². The second kappa shape index (κ2) is 13.8. The minimum Gasteiger partial charge on any atom is -0.508 e. The van der Waals surface area contributed by atoms with E-state index in [0.29, 0.717) is 0 Å². The molecule has 2 nitrogen and oxygen atoms in total. The summed E-state index contributed by atoms with van der Waals surface area (Å²) < 4.78 is 0. The van der Waals surface area contributed by atoms with Crippen LogP contribution >= 0.6 is 0 Å². The first kappa shape index (κ1) is 34.3. The number of hydrogen-bond donors (Lipinski definition) is 1. The van der Waals surface area contributed by atoms with Crippen molar-refractivity contribution in [3.8, 4) is 61.4 Å². The van der Waals surface area contributed by atoms with E-state index < -0.39 is 0 Å². The van der Waals surface area contributed by atoms with Gasteiger partial charge in [-0.15, -0.1) is 0 Å². The van der Waals surface area contributed by atoms with E-state index >= 15 is 0 Å². The van der Waals surface area contributed by atoms with Crippen molar-refractivity contribution in [2.45, 2.75) is 19.3 Å². The molecule has 1 N–H and O–H groups in total. The predicted molar refractivity (Wildman–Crippen MR) is 240 cm³/mol. The van der Waals surface area contributed by atoms with Gasteiger partial charge in [-0.2, -0.15) is 0 Å². The average molecular weight is 732 g/mol. The molecule has 9 aromatic rings. The fourth-order valence-electron chi connectivity index (χ4n) is 8.61. The van der Waals surface area contributed by atoms with Crippen LogP contribution < -0.4 is 4.90 Å². The molecular weight excluding hydrogens is 691 g/mol. The zero-order valence-corrected chi connectivity index (χ0v) is 32.0. The molecule has 0 amide bonds. The Morgan fingerprint density at radius 1 is 0.333 bits per heavy atom. The summed E-state index contributed by atoms with van der Waals surface area (Å²) in [5, 5.41) is 12.3. The number of hydrogen-bond acceptors (Lipinski definition) is 2. The van der Waals surface area contributed by atoms with Crippen molar-refractivity contribution >= 4 is 27.8 Å². The molecule has 0 radical (unpaired) electrons. The quantitative estimate of drug-likeness (QED) is 0.176. The van der Waals surface area contributed by atoms with Crippen LogP contribution in [0.1, 0.15) is 25.0 Å². The third kappa shape index (κ3) is 6.26. The van der Waals surface area contributed by atoms with Gasteiger partial charge in [-0.3, -0.25) is 0 Å². The van der Waals surface area contributed by atoms with Crippen LogP contribution in [0.25, 0.3) is 66.4 Å². The largest absolute Gasteiger partial charge is 0.508 e. The minimum atomic E-state index is -0.188. The standard InChI is InChI=1S/C55H41NO/c1-55(2)53-35-46(45-17-16-38-10-6-7-11-44(38)34-45)24-32-51(53)52-33-29-49(36-54(52)55)56(47-25-18-41(19-26-47)37-8-4-3-5-9-37)48-27-20-42(21-28-48)39-12-14-40(15-13-39)43-22-30-50(57)31-23-43/h3-36,57H,1-2H3. The number of nitrogens with zero attached hydrogens (tertiary/aromatic N) is 1. The Labute approximate surface area is 334 Å². The van der Waals surface area contributed by atoms with E-state index in [-0.39, 0.29) is 11.2 Å². The van der Waals surface area contributed by atoms with E-state index in [9.17, 15) is 5.11 Å². The molecule has 1 aliphatic rings. The second-order valence-corrected chi connectivity index (χ2v) is 15.6. The zero-order valence-electron chi connectivity index (χ0n) is 32.0. The summed E-state index contributed by atoms with van der Waals surface area (Å²) >= 11 is 0. The van der Waals surface area contributed by atoms with Gasteiger partial charge in [-0.05, 0) is 138 Å². The molecule has 0 fully saturated rings. The van der Waals surface area contributed by atoms with Crippen molar-refractivity contribution in [3.05, 3.63) is 217 Å². The van der Waals surface area contributed by atoms with Crippen molar-refractivity contribution < 1.29 is 5.11 Å². The molecule has 57 heavy (non-hydrogen) atoms. The van der Waals surface area contributed by atoms with Crippen molar-refractivity contribution in [2.24, 2.45) is 0 Å². The first-order chi connectivity index (χ1) is 27.9. The molecule has 0 atom stereocenters. The Morgan fingerprint density at radius 3 is 1.33 bits per heavy atom. The lowest BCUT2D eigenvalue weighted by atomic mass is 9.81. The zero-order chi connectivity index (χ0) is 38.5. The van der Waals surface area contributed by atoms with Gasteiger partial charge in [0.1, 0.15) is 5.75 Å². The lowest BCUT2D eigenvalue weighted by Gasteiger charge is -2.28. The first-order valence-corrected chi connectivity index (χ1v) is 19.6. The van der Waals surface area contributed by atoms with Crippen LogP contribution in [0.3, 0.4) is 0 Å². The molecule has 0 saturated carbocycles. The minimum absolute atomic E-state index is 0.188. The summed E-state index contributed by atoms with van der Waals surface area (Å²) in [6.07, 6.45) is 0. The van der Waals surface area contributed by atoms with E-state index in [1.807, 2.05) is 12.1 Å². The number of aromatic hydroxyl groups is 1. The van der Waals surface area contributed by atoms with Crippen LogP contribution in [0.4, 0.5) is 17.1 Å². The highest BCUT2D eigenvalue weighted by Gasteiger charge is 2.36. The maximum atomic E-state index is 9.73. The lowest BCUT2D eigenvalue weighted by molar-refractivity contribution is 0.475. The Hall–Kier alpha value is -7.16. The Morgan fingerprint density at radius 2 is 0.737 bits per heavy atom. The molecule has 0 bridgehead atoms. The summed E-state index contributed by atoms with van der Waals surface area (Å²) in [6, 6.07) is 73.8. The number of phenolic OH excluding ortho intramolecular Hbond substituents is 1. The molecule has 1 aliphatic carbocycles. The Balaban J connectivity index is 1.01. The molecule has 0 aromatic heterocycles. The van der Waals surface area contributed by atoms with Gasteiger partial charge in [0.2, 0.25) is 0 Å². The smallest absolute Gasteiger partial charge is 0.115 e. The van der Waals surface area contributed by atoms with Gasteiger partial charge >= 0.3 is 0 Å². The number of phenols is 1. The van der Waals surface area contributed by atoms with Gasteiger partial charge in [0, 0.05) is 22.5 Å².